The summed E-state index contributed by atoms with van der Waals surface area (Å²) >= 11 is 0. The molecule has 2 heterocycles. The summed E-state index contributed by atoms with van der Waals surface area (Å²) in [5, 5.41) is 26.2. The zero-order chi connectivity index (χ0) is 17.2. The van der Waals surface area contributed by atoms with Gasteiger partial charge >= 0.3 is 5.96 Å². The zero-order valence-electron chi connectivity index (χ0n) is 14.6. The van der Waals surface area contributed by atoms with Crippen molar-refractivity contribution in [2.75, 3.05) is 39.4 Å². The highest BCUT2D eigenvalue weighted by atomic mass is 16.5. The molecule has 0 saturated carbocycles. The molecule has 3 aliphatic rings. The van der Waals surface area contributed by atoms with Crippen molar-refractivity contribution in [2.45, 2.75) is 32.1 Å². The quantitative estimate of drug-likeness (QED) is 0.316. The van der Waals surface area contributed by atoms with Crippen molar-refractivity contribution in [3.63, 3.8) is 0 Å². The standard InChI is InChI=1S/C18H26N4O3/c23-21-16-12-14-4-1-2-5-15(14)13-17(16)22(24)18(21)19-6-3-7-20-8-10-25-11-9-20/h12-13,21,24H,1-11H2/p+1. The van der Waals surface area contributed by atoms with Crippen LogP contribution in [0.4, 0.5) is 11.4 Å². The Bertz CT molecular complexity index is 671. The van der Waals surface area contributed by atoms with Gasteiger partial charge in [0, 0.05) is 30.4 Å². The summed E-state index contributed by atoms with van der Waals surface area (Å²) in [5.74, 6) is 0.291. The highest BCUT2D eigenvalue weighted by Gasteiger charge is 2.38. The Morgan fingerprint density at radius 1 is 1.20 bits per heavy atom. The van der Waals surface area contributed by atoms with Crippen LogP contribution in [0, 0.1) is 5.21 Å². The lowest BCUT2D eigenvalue weighted by Crippen LogP contribution is -3.06. The molecule has 2 aliphatic heterocycles. The maximum Gasteiger partial charge on any atom is 0.492 e. The van der Waals surface area contributed by atoms with E-state index in [2.05, 4.69) is 10.2 Å². The van der Waals surface area contributed by atoms with Gasteiger partial charge in [-0.3, -0.25) is 4.90 Å². The first-order valence-electron chi connectivity index (χ1n) is 9.34. The molecule has 0 aromatic heterocycles. The summed E-state index contributed by atoms with van der Waals surface area (Å²) in [6.07, 6.45) is 5.36. The van der Waals surface area contributed by atoms with Gasteiger partial charge in [0.2, 0.25) is 5.69 Å². The molecule has 1 aromatic rings. The number of fused-ring (bicyclic) bond motifs is 2. The lowest BCUT2D eigenvalue weighted by atomic mass is 9.91. The van der Waals surface area contributed by atoms with E-state index in [0.29, 0.717) is 23.9 Å². The summed E-state index contributed by atoms with van der Waals surface area (Å²) in [6, 6.07) is 3.97. The third-order valence-electron chi connectivity index (χ3n) is 5.41. The lowest BCUT2D eigenvalue weighted by molar-refractivity contribution is -0.761. The minimum absolute atomic E-state index is 0.0998. The fourth-order valence-electron chi connectivity index (χ4n) is 3.96. The van der Waals surface area contributed by atoms with Gasteiger partial charge in [0.05, 0.1) is 19.8 Å². The molecular formula is C18H27N4O3+. The molecule has 136 valence electrons. The van der Waals surface area contributed by atoms with Gasteiger partial charge in [-0.05, 0) is 49.3 Å². The number of rotatable bonds is 4. The molecule has 0 amide bonds. The first-order chi connectivity index (χ1) is 12.2. The van der Waals surface area contributed by atoms with Gasteiger partial charge in [-0.25, -0.2) is 10.4 Å². The Kier molecular flexibility index (Phi) is 4.89. The van der Waals surface area contributed by atoms with Crippen LogP contribution >= 0.6 is 0 Å². The molecule has 0 spiro atoms. The molecule has 4 rings (SSSR count). The van der Waals surface area contributed by atoms with Crippen LogP contribution in [0.15, 0.2) is 12.1 Å². The fraction of sp³-hybridized carbons (Fsp3) is 0.611. The van der Waals surface area contributed by atoms with Gasteiger partial charge in [-0.1, -0.05) is 0 Å². The Morgan fingerprint density at radius 2 is 1.92 bits per heavy atom. The van der Waals surface area contributed by atoms with Crippen LogP contribution in [0.2, 0.25) is 0 Å². The minimum Gasteiger partial charge on any atom is -0.618 e. The molecule has 1 atom stereocenters. The van der Waals surface area contributed by atoms with E-state index in [1.165, 1.54) is 24.0 Å². The van der Waals surface area contributed by atoms with Crippen LogP contribution in [0.5, 0.6) is 0 Å². The van der Waals surface area contributed by atoms with Crippen molar-refractivity contribution in [3.05, 3.63) is 28.5 Å². The van der Waals surface area contributed by atoms with Crippen LogP contribution in [-0.2, 0) is 17.6 Å². The van der Waals surface area contributed by atoms with Crippen LogP contribution in [0.3, 0.4) is 0 Å². The van der Waals surface area contributed by atoms with Gasteiger partial charge < -0.3 is 15.2 Å². The Morgan fingerprint density at radius 3 is 2.68 bits per heavy atom. The van der Waals surface area contributed by atoms with Crippen molar-refractivity contribution >= 4 is 17.3 Å². The van der Waals surface area contributed by atoms with Crippen molar-refractivity contribution < 1.29 is 19.7 Å². The monoisotopic (exact) mass is 347 g/mol. The molecule has 1 aliphatic carbocycles. The number of guanidine groups is 1. The largest absolute Gasteiger partial charge is 0.618 e. The molecule has 1 unspecified atom stereocenters. The molecule has 0 radical (unpaired) electrons. The number of ether oxygens (including phenoxy) is 1. The highest BCUT2D eigenvalue weighted by molar-refractivity contribution is 5.77. The average molecular weight is 347 g/mol. The summed E-state index contributed by atoms with van der Waals surface area (Å²) in [6.45, 7) is 5.19. The van der Waals surface area contributed by atoms with Crippen molar-refractivity contribution in [2.24, 2.45) is 0 Å². The number of nitrogens with zero attached hydrogens (tertiary/aromatic N) is 2. The number of aryl methyl sites for hydroxylation is 2. The summed E-state index contributed by atoms with van der Waals surface area (Å²) < 4.78 is 6.39. The summed E-state index contributed by atoms with van der Waals surface area (Å²) in [7, 11) is 0. The number of quaternary nitrogens is 1. The first-order valence-corrected chi connectivity index (χ1v) is 9.34. The van der Waals surface area contributed by atoms with Gasteiger partial charge in [0.25, 0.3) is 0 Å². The molecule has 1 fully saturated rings. The van der Waals surface area contributed by atoms with E-state index in [0.717, 1.165) is 56.8 Å². The summed E-state index contributed by atoms with van der Waals surface area (Å²) in [5.41, 5.74) is 3.78. The van der Waals surface area contributed by atoms with E-state index < -0.39 is 0 Å². The second kappa shape index (κ2) is 7.29. The number of hydroxylamine groups is 1. The van der Waals surface area contributed by atoms with Crippen molar-refractivity contribution in [1.29, 1.82) is 0 Å². The number of benzene rings is 1. The number of hydrogen-bond acceptors (Lipinski definition) is 5. The van der Waals surface area contributed by atoms with Crippen molar-refractivity contribution in [1.82, 2.24) is 10.2 Å². The molecule has 1 aromatic carbocycles. The number of morpholine rings is 1. The Hall–Kier alpha value is -1.67. The van der Waals surface area contributed by atoms with Crippen LogP contribution in [0.1, 0.15) is 30.4 Å². The predicted octanol–water partition coefficient (Wildman–Crippen LogP) is 0.294. The van der Waals surface area contributed by atoms with E-state index in [9.17, 15) is 10.4 Å². The lowest BCUT2D eigenvalue weighted by Gasteiger charge is -2.26. The molecule has 7 nitrogen and oxygen atoms in total. The maximum atomic E-state index is 12.7. The van der Waals surface area contributed by atoms with Gasteiger partial charge in [-0.2, -0.15) is 0 Å². The molecule has 0 bridgehead atoms. The maximum absolute atomic E-state index is 12.7. The topological polar surface area (TPSA) is 75.2 Å². The van der Waals surface area contributed by atoms with Gasteiger partial charge in [0.15, 0.2) is 5.69 Å². The fourth-order valence-corrected chi connectivity index (χ4v) is 3.96. The van der Waals surface area contributed by atoms with E-state index >= 15 is 0 Å². The smallest absolute Gasteiger partial charge is 0.492 e. The highest BCUT2D eigenvalue weighted by Crippen LogP contribution is 2.31. The number of hydrogen-bond donors (Lipinski definition) is 3. The Balaban J connectivity index is 1.39. The minimum atomic E-state index is -0.0998. The first kappa shape index (κ1) is 16.8. The number of nitrogens with one attached hydrogen (secondary N) is 2. The van der Waals surface area contributed by atoms with Gasteiger partial charge in [0.1, 0.15) is 0 Å². The van der Waals surface area contributed by atoms with Gasteiger partial charge in [-0.15, -0.1) is 0 Å². The van der Waals surface area contributed by atoms with Crippen LogP contribution in [-0.4, -0.2) is 60.2 Å². The van der Waals surface area contributed by atoms with Crippen LogP contribution < -0.4 is 10.4 Å². The molecule has 7 heteroatoms. The molecular weight excluding hydrogens is 320 g/mol. The van der Waals surface area contributed by atoms with E-state index in [4.69, 9.17) is 4.74 Å². The average Bonchev–Trinajstić information content (AvgIpc) is 2.88. The van der Waals surface area contributed by atoms with E-state index in [1.54, 1.807) is 0 Å². The molecule has 3 N–H and O–H groups in total. The predicted molar refractivity (Wildman–Crippen MR) is 93.7 cm³/mol. The second-order valence-electron chi connectivity index (χ2n) is 7.07. The zero-order valence-corrected chi connectivity index (χ0v) is 14.6. The normalized spacial score (nSPS) is 23.5. The van der Waals surface area contributed by atoms with Crippen LogP contribution in [0.25, 0.3) is 0 Å². The Labute approximate surface area is 148 Å². The molecule has 25 heavy (non-hydrogen) atoms. The van der Waals surface area contributed by atoms with E-state index in [1.807, 2.05) is 12.1 Å². The van der Waals surface area contributed by atoms with Crippen molar-refractivity contribution in [3.8, 4) is 0 Å². The second-order valence-corrected chi connectivity index (χ2v) is 7.07. The molecule has 1 saturated heterocycles. The summed E-state index contributed by atoms with van der Waals surface area (Å²) in [4.78, 5) is 2.37. The SMILES string of the molecule is [O-][NH+]1C(NCCCN2CCOCC2)=[N+](O)c2cc3c(cc21)CCCC3. The van der Waals surface area contributed by atoms with E-state index in [-0.39, 0.29) is 5.06 Å². The third kappa shape index (κ3) is 3.37. The third-order valence-corrected chi connectivity index (χ3v) is 5.41.